The van der Waals surface area contributed by atoms with Gasteiger partial charge in [0.25, 0.3) is 6.54 Å². The molecule has 1 heterocycles. The minimum Gasteiger partial charge on any atom is -0.493 e. The van der Waals surface area contributed by atoms with Crippen LogP contribution in [0, 0.1) is 10.1 Å². The SMILES string of the molecule is COc1cc(CN2CCN=C2C[N+](=O)[O-])cc(OC)c1OC. The fourth-order valence-electron chi connectivity index (χ4n) is 2.41. The highest BCUT2D eigenvalue weighted by atomic mass is 16.6. The average molecular weight is 309 g/mol. The molecule has 0 saturated carbocycles. The number of nitro groups is 1. The lowest BCUT2D eigenvalue weighted by molar-refractivity contribution is -0.464. The third kappa shape index (κ3) is 3.38. The van der Waals surface area contributed by atoms with Crippen molar-refractivity contribution >= 4 is 5.84 Å². The van der Waals surface area contributed by atoms with Gasteiger partial charge in [-0.2, -0.15) is 0 Å². The monoisotopic (exact) mass is 309 g/mol. The number of rotatable bonds is 7. The van der Waals surface area contributed by atoms with Gasteiger partial charge in [0.05, 0.1) is 27.9 Å². The van der Waals surface area contributed by atoms with Crippen LogP contribution >= 0.6 is 0 Å². The first-order valence-corrected chi connectivity index (χ1v) is 6.78. The number of nitrogens with zero attached hydrogens (tertiary/aromatic N) is 3. The third-order valence-corrected chi connectivity index (χ3v) is 3.40. The van der Waals surface area contributed by atoms with Crippen molar-refractivity contribution in [1.82, 2.24) is 4.90 Å². The van der Waals surface area contributed by atoms with Crippen molar-refractivity contribution in [2.24, 2.45) is 4.99 Å². The van der Waals surface area contributed by atoms with Gasteiger partial charge >= 0.3 is 0 Å². The zero-order chi connectivity index (χ0) is 16.1. The Hall–Kier alpha value is -2.51. The van der Waals surface area contributed by atoms with E-state index in [1.54, 1.807) is 21.3 Å². The van der Waals surface area contributed by atoms with E-state index in [4.69, 9.17) is 14.2 Å². The number of amidine groups is 1. The highest BCUT2D eigenvalue weighted by Crippen LogP contribution is 2.38. The Bertz CT molecular complexity index is 563. The molecule has 0 spiro atoms. The van der Waals surface area contributed by atoms with E-state index in [9.17, 15) is 10.1 Å². The highest BCUT2D eigenvalue weighted by molar-refractivity contribution is 5.84. The zero-order valence-corrected chi connectivity index (χ0v) is 12.9. The lowest BCUT2D eigenvalue weighted by atomic mass is 10.1. The fourth-order valence-corrected chi connectivity index (χ4v) is 2.41. The highest BCUT2D eigenvalue weighted by Gasteiger charge is 2.22. The van der Waals surface area contributed by atoms with Crippen molar-refractivity contribution in [3.8, 4) is 17.2 Å². The van der Waals surface area contributed by atoms with Crippen LogP contribution in [-0.2, 0) is 6.54 Å². The molecule has 0 N–H and O–H groups in total. The first kappa shape index (κ1) is 15.9. The number of hydrogen-bond donors (Lipinski definition) is 0. The molecule has 0 saturated heterocycles. The van der Waals surface area contributed by atoms with Crippen LogP contribution in [0.25, 0.3) is 0 Å². The quantitative estimate of drug-likeness (QED) is 0.556. The van der Waals surface area contributed by atoms with Gasteiger partial charge in [0, 0.05) is 18.0 Å². The minimum absolute atomic E-state index is 0.259. The number of benzene rings is 1. The van der Waals surface area contributed by atoms with E-state index in [-0.39, 0.29) is 11.5 Å². The molecular formula is C14H19N3O5. The van der Waals surface area contributed by atoms with Gasteiger partial charge < -0.3 is 19.1 Å². The summed E-state index contributed by atoms with van der Waals surface area (Å²) in [5.74, 6) is 2.14. The standard InChI is InChI=1S/C14H19N3O5/c1-20-11-6-10(7-12(21-2)14(11)22-3)8-16-5-4-15-13(16)9-17(18)19/h6-7H,4-5,8-9H2,1-3H3. The first-order chi connectivity index (χ1) is 10.6. The Labute approximate surface area is 128 Å². The summed E-state index contributed by atoms with van der Waals surface area (Å²) in [5.41, 5.74) is 0.910. The van der Waals surface area contributed by atoms with Gasteiger partial charge in [-0.05, 0) is 17.7 Å². The summed E-state index contributed by atoms with van der Waals surface area (Å²) >= 11 is 0. The third-order valence-electron chi connectivity index (χ3n) is 3.40. The maximum atomic E-state index is 10.7. The van der Waals surface area contributed by atoms with Crippen LogP contribution in [0.4, 0.5) is 0 Å². The fraction of sp³-hybridized carbons (Fsp3) is 0.500. The first-order valence-electron chi connectivity index (χ1n) is 6.78. The van der Waals surface area contributed by atoms with E-state index in [0.29, 0.717) is 42.7 Å². The number of ether oxygens (including phenoxy) is 3. The molecule has 0 aromatic heterocycles. The Morgan fingerprint density at radius 2 is 1.86 bits per heavy atom. The summed E-state index contributed by atoms with van der Waals surface area (Å²) < 4.78 is 15.9. The van der Waals surface area contributed by atoms with Gasteiger partial charge in [0.15, 0.2) is 17.3 Å². The van der Waals surface area contributed by atoms with Gasteiger partial charge in [0.1, 0.15) is 0 Å². The molecule has 1 aliphatic rings. The molecule has 0 bridgehead atoms. The molecule has 1 aromatic rings. The summed E-state index contributed by atoms with van der Waals surface area (Å²) in [6, 6.07) is 3.67. The predicted molar refractivity (Wildman–Crippen MR) is 80.7 cm³/mol. The van der Waals surface area contributed by atoms with Gasteiger partial charge in [-0.25, -0.2) is 0 Å². The Balaban J connectivity index is 2.22. The molecule has 1 aromatic carbocycles. The van der Waals surface area contributed by atoms with Crippen LogP contribution in [0.1, 0.15) is 5.56 Å². The van der Waals surface area contributed by atoms with Crippen molar-refractivity contribution in [2.45, 2.75) is 6.54 Å². The molecule has 0 amide bonds. The van der Waals surface area contributed by atoms with Crippen LogP contribution in [-0.4, -0.2) is 56.6 Å². The van der Waals surface area contributed by atoms with Crippen LogP contribution in [0.2, 0.25) is 0 Å². The van der Waals surface area contributed by atoms with Gasteiger partial charge in [0.2, 0.25) is 5.75 Å². The summed E-state index contributed by atoms with van der Waals surface area (Å²) in [6.07, 6.45) is 0. The van der Waals surface area contributed by atoms with Gasteiger partial charge in [-0.15, -0.1) is 0 Å². The van der Waals surface area contributed by atoms with Crippen molar-refractivity contribution in [1.29, 1.82) is 0 Å². The maximum absolute atomic E-state index is 10.7. The normalized spacial score (nSPS) is 13.8. The van der Waals surface area contributed by atoms with Crippen LogP contribution < -0.4 is 14.2 Å². The van der Waals surface area contributed by atoms with Crippen LogP contribution in [0.5, 0.6) is 17.2 Å². The molecule has 2 rings (SSSR count). The minimum atomic E-state index is -0.369. The molecule has 0 fully saturated rings. The molecule has 8 heteroatoms. The van der Waals surface area contributed by atoms with E-state index in [1.807, 2.05) is 17.0 Å². The summed E-state index contributed by atoms with van der Waals surface area (Å²) in [5, 5.41) is 10.7. The second kappa shape index (κ2) is 6.97. The van der Waals surface area contributed by atoms with Crippen molar-refractivity contribution in [3.63, 3.8) is 0 Å². The van der Waals surface area contributed by atoms with E-state index in [2.05, 4.69) is 4.99 Å². The van der Waals surface area contributed by atoms with Gasteiger partial charge in [-0.3, -0.25) is 15.1 Å². The summed E-state index contributed by atoms with van der Waals surface area (Å²) in [6.45, 7) is 1.49. The van der Waals surface area contributed by atoms with Gasteiger partial charge in [-0.1, -0.05) is 0 Å². The lowest BCUT2D eigenvalue weighted by Gasteiger charge is -2.20. The Morgan fingerprint density at radius 1 is 1.23 bits per heavy atom. The number of aliphatic imine (C=N–C) groups is 1. The Kier molecular flexibility index (Phi) is 5.03. The summed E-state index contributed by atoms with van der Waals surface area (Å²) in [4.78, 5) is 16.4. The molecule has 0 radical (unpaired) electrons. The zero-order valence-electron chi connectivity index (χ0n) is 12.9. The van der Waals surface area contributed by atoms with Crippen molar-refractivity contribution < 1.29 is 19.1 Å². The van der Waals surface area contributed by atoms with Crippen molar-refractivity contribution in [2.75, 3.05) is 41.0 Å². The maximum Gasteiger partial charge on any atom is 0.260 e. The van der Waals surface area contributed by atoms with Crippen LogP contribution in [0.15, 0.2) is 17.1 Å². The van der Waals surface area contributed by atoms with E-state index in [0.717, 1.165) is 5.56 Å². The predicted octanol–water partition coefficient (Wildman–Crippen LogP) is 1.20. The average Bonchev–Trinajstić information content (AvgIpc) is 2.92. The molecule has 22 heavy (non-hydrogen) atoms. The largest absolute Gasteiger partial charge is 0.493 e. The summed E-state index contributed by atoms with van der Waals surface area (Å²) in [7, 11) is 4.65. The van der Waals surface area contributed by atoms with Crippen LogP contribution in [0.3, 0.4) is 0 Å². The topological polar surface area (TPSA) is 86.4 Å². The molecule has 8 nitrogen and oxygen atoms in total. The smallest absolute Gasteiger partial charge is 0.260 e. The molecule has 0 aliphatic carbocycles. The van der Waals surface area contributed by atoms with E-state index < -0.39 is 0 Å². The molecule has 120 valence electrons. The second-order valence-electron chi connectivity index (χ2n) is 4.74. The number of hydrogen-bond acceptors (Lipinski definition) is 7. The number of methoxy groups -OCH3 is 3. The molecule has 1 aliphatic heterocycles. The lowest BCUT2D eigenvalue weighted by Crippen LogP contribution is -2.32. The molecular weight excluding hydrogens is 290 g/mol. The molecule has 0 unspecified atom stereocenters. The van der Waals surface area contributed by atoms with E-state index in [1.165, 1.54) is 0 Å². The second-order valence-corrected chi connectivity index (χ2v) is 4.74. The van der Waals surface area contributed by atoms with Crippen molar-refractivity contribution in [3.05, 3.63) is 27.8 Å². The van der Waals surface area contributed by atoms with E-state index >= 15 is 0 Å². The molecule has 0 atom stereocenters. The Morgan fingerprint density at radius 3 is 2.36 bits per heavy atom.